The van der Waals surface area contributed by atoms with Gasteiger partial charge in [-0.3, -0.25) is 19.2 Å². The number of fused-ring (bicyclic) bond motifs is 2. The summed E-state index contributed by atoms with van der Waals surface area (Å²) in [5.74, 6) is 5.15. The first kappa shape index (κ1) is 33.1. The van der Waals surface area contributed by atoms with Crippen LogP contribution < -0.4 is 33.2 Å². The summed E-state index contributed by atoms with van der Waals surface area (Å²) in [6.07, 6.45) is 4.85. The molecule has 2 bridgehead atoms. The number of carbonyl (C=O) groups excluding carboxylic acids is 1. The molecule has 0 saturated heterocycles. The Bertz CT molecular complexity index is 1800. The van der Waals surface area contributed by atoms with Gasteiger partial charge in [-0.1, -0.05) is 36.5 Å². The van der Waals surface area contributed by atoms with Crippen LogP contribution in [-0.2, 0) is 4.79 Å². The molecule has 2 heterocycles. The molecule has 15 heteroatoms. The number of nitriles is 1. The zero-order chi connectivity index (χ0) is 32.8. The van der Waals surface area contributed by atoms with Crippen LogP contribution in [0.1, 0.15) is 48.9 Å². The molecule has 4 rings (SSSR count). The Morgan fingerprint density at radius 1 is 1.24 bits per heavy atom. The van der Waals surface area contributed by atoms with Crippen LogP contribution in [0.15, 0.2) is 81.8 Å². The molecule has 234 valence electrons. The van der Waals surface area contributed by atoms with Gasteiger partial charge in [0.15, 0.2) is 0 Å². The Kier molecular flexibility index (Phi) is 10.6. The van der Waals surface area contributed by atoms with E-state index >= 15 is 0 Å². The quantitative estimate of drug-likeness (QED) is 0.177. The molecular formula is C30H29Cl2F2N9O2. The van der Waals surface area contributed by atoms with Crippen LogP contribution in [0, 0.1) is 17.2 Å². The molecule has 0 spiro atoms. The van der Waals surface area contributed by atoms with Crippen molar-refractivity contribution in [1.82, 2.24) is 14.9 Å². The zero-order valence-electron chi connectivity index (χ0n) is 23.9. The number of nitrogens with one attached hydrogen (secondary N) is 1. The molecule has 0 radical (unpaired) electrons. The normalized spacial score (nSPS) is 19.5. The summed E-state index contributed by atoms with van der Waals surface area (Å²) < 4.78 is 28.6. The lowest BCUT2D eigenvalue weighted by atomic mass is 9.92. The molecule has 2 atom stereocenters. The van der Waals surface area contributed by atoms with E-state index in [1.165, 1.54) is 40.3 Å². The van der Waals surface area contributed by atoms with E-state index in [1.807, 2.05) is 6.07 Å². The van der Waals surface area contributed by atoms with E-state index in [0.717, 1.165) is 6.20 Å². The summed E-state index contributed by atoms with van der Waals surface area (Å²) in [5.41, 5.74) is 12.2. The Hall–Kier alpha value is -4.77. The number of hydrazine groups is 1. The van der Waals surface area contributed by atoms with Crippen molar-refractivity contribution in [3.8, 4) is 17.3 Å². The number of nitrogens with two attached hydrogens (primary N) is 3. The highest BCUT2D eigenvalue weighted by atomic mass is 35.5. The summed E-state index contributed by atoms with van der Waals surface area (Å²) in [6.45, 7) is -1.45. The number of alkyl halides is 2. The number of nitrogens with zero attached hydrogens (tertiary/aromatic N) is 5. The molecule has 45 heavy (non-hydrogen) atoms. The molecule has 3 aromatic rings. The minimum atomic E-state index is -3.14. The zero-order valence-corrected chi connectivity index (χ0v) is 25.4. The lowest BCUT2D eigenvalue weighted by molar-refractivity contribution is -0.123. The molecule has 1 aliphatic heterocycles. The van der Waals surface area contributed by atoms with Crippen molar-refractivity contribution in [1.29, 1.82) is 5.26 Å². The first-order valence-electron chi connectivity index (χ1n) is 13.6. The van der Waals surface area contributed by atoms with E-state index in [1.54, 1.807) is 31.2 Å². The third-order valence-corrected chi connectivity index (χ3v) is 7.49. The molecule has 11 nitrogen and oxygen atoms in total. The lowest BCUT2D eigenvalue weighted by Crippen LogP contribution is -2.34. The number of halogens is 4. The largest absolute Gasteiger partial charge is 0.403 e. The maximum absolute atomic E-state index is 13.7. The van der Waals surface area contributed by atoms with Crippen LogP contribution in [0.4, 0.5) is 14.5 Å². The number of hydrogen-bond acceptors (Lipinski definition) is 9. The van der Waals surface area contributed by atoms with Crippen LogP contribution in [-0.4, -0.2) is 27.7 Å². The average Bonchev–Trinajstić information content (AvgIpc) is 2.99. The number of benzene rings is 2. The summed E-state index contributed by atoms with van der Waals surface area (Å²) in [6, 6.07) is 11.9. The fourth-order valence-corrected chi connectivity index (χ4v) is 5.30. The van der Waals surface area contributed by atoms with Crippen molar-refractivity contribution in [2.45, 2.75) is 38.8 Å². The van der Waals surface area contributed by atoms with Gasteiger partial charge in [-0.05, 0) is 54.8 Å². The minimum Gasteiger partial charge on any atom is -0.403 e. The monoisotopic (exact) mass is 655 g/mol. The van der Waals surface area contributed by atoms with Crippen LogP contribution >= 0.6 is 23.2 Å². The predicted molar refractivity (Wildman–Crippen MR) is 169 cm³/mol. The number of hydrogen-bond donors (Lipinski definition) is 4. The van der Waals surface area contributed by atoms with Crippen molar-refractivity contribution in [2.24, 2.45) is 28.2 Å². The van der Waals surface area contributed by atoms with Gasteiger partial charge in [0.2, 0.25) is 5.91 Å². The Morgan fingerprint density at radius 2 is 2.00 bits per heavy atom. The molecular weight excluding hydrogens is 627 g/mol. The highest BCUT2D eigenvalue weighted by molar-refractivity contribution is 6.31. The average molecular weight is 657 g/mol. The molecule has 7 N–H and O–H groups in total. The van der Waals surface area contributed by atoms with E-state index in [0.29, 0.717) is 41.1 Å². The van der Waals surface area contributed by atoms with Gasteiger partial charge in [0.25, 0.3) is 5.56 Å². The number of rotatable bonds is 5. The van der Waals surface area contributed by atoms with Crippen LogP contribution in [0.2, 0.25) is 5.02 Å². The van der Waals surface area contributed by atoms with Crippen LogP contribution in [0.25, 0.3) is 11.3 Å². The first-order valence-corrected chi connectivity index (χ1v) is 14.4. The van der Waals surface area contributed by atoms with E-state index in [4.69, 9.17) is 40.5 Å². The van der Waals surface area contributed by atoms with Gasteiger partial charge in [0.1, 0.15) is 5.16 Å². The number of aromatic nitrogens is 2. The third kappa shape index (κ3) is 7.85. The van der Waals surface area contributed by atoms with Gasteiger partial charge in [0, 0.05) is 34.3 Å². The highest BCUT2D eigenvalue weighted by Gasteiger charge is 2.25. The van der Waals surface area contributed by atoms with Gasteiger partial charge in [-0.25, -0.2) is 15.8 Å². The second-order valence-corrected chi connectivity index (χ2v) is 11.1. The summed E-state index contributed by atoms with van der Waals surface area (Å²) >= 11 is 12.0. The number of amides is 1. The van der Waals surface area contributed by atoms with Gasteiger partial charge in [-0.15, -0.1) is 0 Å². The Labute approximate surface area is 267 Å². The van der Waals surface area contributed by atoms with Gasteiger partial charge in [-0.2, -0.15) is 14.0 Å². The molecule has 1 aliphatic rings. The fraction of sp³-hybridized carbons (Fsp3) is 0.233. The van der Waals surface area contributed by atoms with Gasteiger partial charge >= 0.3 is 6.55 Å². The van der Waals surface area contributed by atoms with Crippen molar-refractivity contribution >= 4 is 40.5 Å². The maximum Gasteiger partial charge on any atom is 0.332 e. The smallest absolute Gasteiger partial charge is 0.332 e. The Morgan fingerprint density at radius 3 is 2.64 bits per heavy atom. The van der Waals surface area contributed by atoms with E-state index in [9.17, 15) is 23.6 Å². The topological polar surface area (TPSA) is 181 Å². The van der Waals surface area contributed by atoms with Crippen molar-refractivity contribution < 1.29 is 13.6 Å². The molecule has 1 aromatic heterocycles. The fourth-order valence-electron chi connectivity index (χ4n) is 5.03. The summed E-state index contributed by atoms with van der Waals surface area (Å²) in [5, 5.41) is 13.8. The first-order chi connectivity index (χ1) is 21.4. The summed E-state index contributed by atoms with van der Waals surface area (Å²) in [4.78, 5) is 34.6. The van der Waals surface area contributed by atoms with Crippen molar-refractivity contribution in [3.63, 3.8) is 0 Å². The third-order valence-electron chi connectivity index (χ3n) is 7.16. The van der Waals surface area contributed by atoms with Crippen molar-refractivity contribution in [3.05, 3.63) is 104 Å². The summed E-state index contributed by atoms with van der Waals surface area (Å²) in [7, 11) is 0. The van der Waals surface area contributed by atoms with Crippen molar-refractivity contribution in [2.75, 3.05) is 5.01 Å². The predicted octanol–water partition coefficient (Wildman–Crippen LogP) is 4.45. The maximum atomic E-state index is 13.7. The number of aliphatic imine (C=N–C) groups is 1. The number of allylic oxidation sites excluding steroid dienone is 1. The second-order valence-electron chi connectivity index (χ2n) is 10.2. The molecule has 2 aromatic carbocycles. The van der Waals surface area contributed by atoms with E-state index in [-0.39, 0.29) is 33.4 Å². The SMILES string of the molecule is CC1CCCC(n2cnc(-c3cc(Cl)ccc3N(N)/C=C(\N)Cl)cc2=O)c2cc(C#N)cc(c2)C(=NC(F)F)C(=CN)NC1=O. The van der Waals surface area contributed by atoms with E-state index < -0.39 is 30.0 Å². The van der Waals surface area contributed by atoms with Gasteiger partial charge in [0.05, 0.1) is 53.0 Å². The number of carbonyl (C=O) groups is 1. The van der Waals surface area contributed by atoms with E-state index in [2.05, 4.69) is 15.3 Å². The molecule has 0 aliphatic carbocycles. The van der Waals surface area contributed by atoms with Crippen LogP contribution in [0.5, 0.6) is 0 Å². The standard InChI is InChI=1S/C30H29Cl2F2N9O2/c1-16-3-2-4-24(18-7-17(12-35)8-19(9-18)28(41-30(33)34)23(13-36)40-29(16)45)42-15-39-22(11-27(42)44)21-10-20(31)5-6-25(21)43(38)14-26(32)37/h5-11,13-16,24,30H,2-4,36-38H2,1H3,(H,40,45)/b23-13?,26-14-,41-28?. The molecule has 0 saturated carbocycles. The highest BCUT2D eigenvalue weighted by Crippen LogP contribution is 2.32. The minimum absolute atomic E-state index is 0.0779. The van der Waals surface area contributed by atoms with Gasteiger partial charge < -0.3 is 16.8 Å². The lowest BCUT2D eigenvalue weighted by Gasteiger charge is -2.24. The number of anilines is 1. The molecule has 1 amide bonds. The molecule has 0 fully saturated rings. The van der Waals surface area contributed by atoms with Crippen LogP contribution in [0.3, 0.4) is 0 Å². The molecule has 2 unspecified atom stereocenters. The Balaban J connectivity index is 1.90. The second kappa shape index (κ2) is 14.3.